The highest BCUT2D eigenvalue weighted by atomic mass is 32.1. The first-order chi connectivity index (χ1) is 16.5. The van der Waals surface area contributed by atoms with E-state index in [2.05, 4.69) is 20.8 Å². The van der Waals surface area contributed by atoms with E-state index in [1.165, 1.54) is 29.7 Å². The number of non-ortho nitro benzene ring substituents is 1. The molecule has 4 rings (SSSR count). The van der Waals surface area contributed by atoms with Gasteiger partial charge in [0.05, 0.1) is 17.6 Å². The average Bonchev–Trinajstić information content (AvgIpc) is 3.22. The molecule has 0 atom stereocenters. The molecule has 0 unspecified atom stereocenters. The summed E-state index contributed by atoms with van der Waals surface area (Å²) in [5.41, 5.74) is 6.97. The number of aromatic nitrogens is 1. The van der Waals surface area contributed by atoms with Crippen LogP contribution in [0, 0.1) is 17.0 Å². The average molecular weight is 472 g/mol. The van der Waals surface area contributed by atoms with Gasteiger partial charge in [-0.25, -0.2) is 4.98 Å². The molecule has 2 N–H and O–H groups in total. The van der Waals surface area contributed by atoms with Crippen molar-refractivity contribution in [2.45, 2.75) is 13.3 Å². The third-order valence-electron chi connectivity index (χ3n) is 4.87. The van der Waals surface area contributed by atoms with Gasteiger partial charge >= 0.3 is 0 Å². The van der Waals surface area contributed by atoms with Crippen LogP contribution in [0.2, 0.25) is 0 Å². The van der Waals surface area contributed by atoms with Gasteiger partial charge in [-0.15, -0.1) is 0 Å². The minimum atomic E-state index is -0.455. The number of hydrogen-bond acceptors (Lipinski definition) is 7. The van der Waals surface area contributed by atoms with Gasteiger partial charge in [-0.3, -0.25) is 20.3 Å². The maximum absolute atomic E-state index is 12.7. The van der Waals surface area contributed by atoms with Gasteiger partial charge in [0.25, 0.3) is 5.69 Å². The Labute approximate surface area is 200 Å². The Morgan fingerprint density at radius 1 is 1.09 bits per heavy atom. The molecule has 0 aliphatic heterocycles. The lowest BCUT2D eigenvalue weighted by Crippen LogP contribution is -2.14. The fourth-order valence-electron chi connectivity index (χ4n) is 3.19. The molecule has 9 heteroatoms. The van der Waals surface area contributed by atoms with E-state index in [1.807, 2.05) is 61.5 Å². The van der Waals surface area contributed by atoms with E-state index >= 15 is 0 Å². The number of nitro groups is 1. The number of hydrogen-bond donors (Lipinski definition) is 2. The summed E-state index contributed by atoms with van der Waals surface area (Å²) in [6.45, 7) is 2.00. The second-order valence-electron chi connectivity index (χ2n) is 7.50. The number of carbonyl (C=O) groups is 1. The summed E-state index contributed by atoms with van der Waals surface area (Å²) in [6.07, 6.45) is 1.73. The van der Waals surface area contributed by atoms with E-state index in [0.29, 0.717) is 21.4 Å². The van der Waals surface area contributed by atoms with E-state index in [9.17, 15) is 14.9 Å². The molecule has 0 saturated heterocycles. The van der Waals surface area contributed by atoms with Crippen molar-refractivity contribution in [3.8, 4) is 11.3 Å². The first kappa shape index (κ1) is 22.8. The van der Waals surface area contributed by atoms with Crippen molar-refractivity contribution in [3.63, 3.8) is 0 Å². The molecule has 0 aliphatic rings. The molecule has 1 heterocycles. The number of anilines is 2. The number of nitro benzene ring substituents is 1. The highest BCUT2D eigenvalue weighted by Gasteiger charge is 2.16. The maximum atomic E-state index is 12.7. The highest BCUT2D eigenvalue weighted by molar-refractivity contribution is 7.20. The topological polar surface area (TPSA) is 110 Å². The van der Waals surface area contributed by atoms with Crippen LogP contribution in [0.5, 0.6) is 0 Å². The summed E-state index contributed by atoms with van der Waals surface area (Å²) in [7, 11) is 0. The quantitative estimate of drug-likeness (QED) is 0.196. The third-order valence-corrected chi connectivity index (χ3v) is 5.74. The van der Waals surface area contributed by atoms with Gasteiger partial charge in [0.1, 0.15) is 10.7 Å². The monoisotopic (exact) mass is 471 g/mol. The molecular formula is C25H21N5O3S. The number of nitrogens with one attached hydrogen (secondary N) is 2. The van der Waals surface area contributed by atoms with Crippen molar-refractivity contribution in [3.05, 3.63) is 106 Å². The first-order valence-corrected chi connectivity index (χ1v) is 11.2. The Bertz CT molecular complexity index is 1330. The zero-order valence-corrected chi connectivity index (χ0v) is 19.1. The first-order valence-electron chi connectivity index (χ1n) is 10.4. The molecule has 0 saturated carbocycles. The van der Waals surface area contributed by atoms with Crippen LogP contribution in [0.25, 0.3) is 11.3 Å². The summed E-state index contributed by atoms with van der Waals surface area (Å²) in [4.78, 5) is 27.8. The predicted molar refractivity (Wildman–Crippen MR) is 135 cm³/mol. The standard InChI is InChI=1S/C25H21N5O3S/c1-17-10-12-20(13-11-17)23-24(27-22(31)15-18-6-3-2-4-7-18)34-25(28-23)29-26-16-19-8-5-9-21(14-19)30(32)33/h2-14,16H,15H2,1H3,(H,27,31)(H,28,29). The number of carbonyl (C=O) groups excluding carboxylic acids is 1. The van der Waals surface area contributed by atoms with Crippen molar-refractivity contribution in [1.29, 1.82) is 0 Å². The molecule has 170 valence electrons. The number of benzene rings is 3. The van der Waals surface area contributed by atoms with Crippen LogP contribution in [0.1, 0.15) is 16.7 Å². The molecular weight excluding hydrogens is 450 g/mol. The maximum Gasteiger partial charge on any atom is 0.270 e. The number of amides is 1. The lowest BCUT2D eigenvalue weighted by atomic mass is 10.1. The fourth-order valence-corrected chi connectivity index (χ4v) is 4.05. The van der Waals surface area contributed by atoms with E-state index < -0.39 is 4.92 Å². The van der Waals surface area contributed by atoms with Crippen LogP contribution in [0.15, 0.2) is 84.0 Å². The van der Waals surface area contributed by atoms with E-state index in [0.717, 1.165) is 16.7 Å². The molecule has 3 aromatic carbocycles. The highest BCUT2D eigenvalue weighted by Crippen LogP contribution is 2.36. The molecule has 34 heavy (non-hydrogen) atoms. The number of thiazole rings is 1. The Kier molecular flexibility index (Phi) is 7.04. The van der Waals surface area contributed by atoms with Crippen LogP contribution in [0.4, 0.5) is 15.8 Å². The van der Waals surface area contributed by atoms with E-state index in [4.69, 9.17) is 0 Å². The minimum absolute atomic E-state index is 0.0109. The second kappa shape index (κ2) is 10.5. The van der Waals surface area contributed by atoms with E-state index in [1.54, 1.807) is 12.1 Å². The van der Waals surface area contributed by atoms with Crippen molar-refractivity contribution in [1.82, 2.24) is 4.98 Å². The molecule has 1 aromatic heterocycles. The summed E-state index contributed by atoms with van der Waals surface area (Å²) >= 11 is 1.26. The van der Waals surface area contributed by atoms with Crippen molar-refractivity contribution in [2.24, 2.45) is 5.10 Å². The Hall–Kier alpha value is -4.37. The van der Waals surface area contributed by atoms with Gasteiger partial charge in [0, 0.05) is 23.3 Å². The van der Waals surface area contributed by atoms with Crippen LogP contribution < -0.4 is 10.7 Å². The third kappa shape index (κ3) is 5.90. The number of rotatable bonds is 8. The van der Waals surface area contributed by atoms with Gasteiger partial charge in [-0.05, 0) is 12.5 Å². The van der Waals surface area contributed by atoms with Crippen LogP contribution in [-0.2, 0) is 11.2 Å². The molecule has 1 amide bonds. The fraction of sp³-hybridized carbons (Fsp3) is 0.0800. The molecule has 0 aliphatic carbocycles. The predicted octanol–water partition coefficient (Wildman–Crippen LogP) is 5.65. The summed E-state index contributed by atoms with van der Waals surface area (Å²) < 4.78 is 0. The van der Waals surface area contributed by atoms with Gasteiger partial charge in [0.2, 0.25) is 11.0 Å². The second-order valence-corrected chi connectivity index (χ2v) is 8.49. The summed E-state index contributed by atoms with van der Waals surface area (Å²) in [5, 5.41) is 19.2. The van der Waals surface area contributed by atoms with Crippen LogP contribution in [-0.4, -0.2) is 22.0 Å². The molecule has 8 nitrogen and oxygen atoms in total. The molecule has 0 spiro atoms. The zero-order chi connectivity index (χ0) is 23.9. The molecule has 0 fully saturated rings. The van der Waals surface area contributed by atoms with Crippen molar-refractivity contribution in [2.75, 3.05) is 10.7 Å². The van der Waals surface area contributed by atoms with Gasteiger partial charge < -0.3 is 5.32 Å². The van der Waals surface area contributed by atoms with Crippen molar-refractivity contribution < 1.29 is 9.72 Å². The number of hydrazone groups is 1. The Morgan fingerprint density at radius 2 is 1.85 bits per heavy atom. The van der Waals surface area contributed by atoms with Crippen LogP contribution in [0.3, 0.4) is 0 Å². The lowest BCUT2D eigenvalue weighted by molar-refractivity contribution is -0.384. The smallest absolute Gasteiger partial charge is 0.270 e. The summed E-state index contributed by atoms with van der Waals surface area (Å²) in [6, 6.07) is 23.5. The van der Waals surface area contributed by atoms with Gasteiger partial charge in [-0.2, -0.15) is 5.10 Å². The normalized spacial score (nSPS) is 10.9. The van der Waals surface area contributed by atoms with Crippen LogP contribution >= 0.6 is 11.3 Å². The Morgan fingerprint density at radius 3 is 2.59 bits per heavy atom. The molecule has 0 bridgehead atoms. The van der Waals surface area contributed by atoms with Crippen molar-refractivity contribution >= 4 is 39.3 Å². The molecule has 0 radical (unpaired) electrons. The van der Waals surface area contributed by atoms with E-state index in [-0.39, 0.29) is 18.0 Å². The zero-order valence-electron chi connectivity index (χ0n) is 18.3. The number of nitrogens with zero attached hydrogens (tertiary/aromatic N) is 3. The Balaban J connectivity index is 1.54. The summed E-state index contributed by atoms with van der Waals surface area (Å²) in [5.74, 6) is -0.144. The lowest BCUT2D eigenvalue weighted by Gasteiger charge is -2.06. The minimum Gasteiger partial charge on any atom is -0.316 e. The largest absolute Gasteiger partial charge is 0.316 e. The van der Waals surface area contributed by atoms with Gasteiger partial charge in [0.15, 0.2) is 0 Å². The van der Waals surface area contributed by atoms with Gasteiger partial charge in [-0.1, -0.05) is 83.6 Å². The SMILES string of the molecule is Cc1ccc(-c2nc(NN=Cc3cccc([N+](=O)[O-])c3)sc2NC(=O)Cc2ccccc2)cc1. The molecule has 4 aromatic rings. The number of aryl methyl sites for hydroxylation is 1.